The molecule has 0 aliphatic carbocycles. The lowest BCUT2D eigenvalue weighted by Gasteiger charge is -2.10. The lowest BCUT2D eigenvalue weighted by molar-refractivity contribution is -0.126. The zero-order valence-electron chi connectivity index (χ0n) is 8.97. The van der Waals surface area contributed by atoms with Gasteiger partial charge in [-0.05, 0) is 25.5 Å². The quantitative estimate of drug-likeness (QED) is 0.793. The minimum atomic E-state index is -3.89. The third-order valence-corrected chi connectivity index (χ3v) is 3.50. The Morgan fingerprint density at radius 3 is 2.44 bits per heavy atom. The van der Waals surface area contributed by atoms with Crippen LogP contribution in [0.1, 0.15) is 12.5 Å². The maximum absolute atomic E-state index is 11.7. The molecule has 0 unspecified atom stereocenters. The number of hydrogen-bond donors (Lipinski definition) is 2. The molecular weight excluding hydrogens is 230 g/mol. The van der Waals surface area contributed by atoms with Crippen molar-refractivity contribution in [2.24, 2.45) is 0 Å². The fourth-order valence-electron chi connectivity index (χ4n) is 1.13. The molecule has 1 rings (SSSR count). The van der Waals surface area contributed by atoms with Gasteiger partial charge in [0.05, 0.1) is 4.90 Å². The molecule has 1 amide bonds. The van der Waals surface area contributed by atoms with Crippen molar-refractivity contribution in [3.05, 3.63) is 29.8 Å². The van der Waals surface area contributed by atoms with Gasteiger partial charge in [0.1, 0.15) is 6.10 Å². The Hall–Kier alpha value is -1.40. The second-order valence-corrected chi connectivity index (χ2v) is 5.06. The van der Waals surface area contributed by atoms with Crippen molar-refractivity contribution in [1.82, 2.24) is 4.72 Å². The van der Waals surface area contributed by atoms with Gasteiger partial charge in [0.2, 0.25) is 0 Å². The van der Waals surface area contributed by atoms with Crippen molar-refractivity contribution in [3.8, 4) is 0 Å². The molecule has 1 aromatic carbocycles. The van der Waals surface area contributed by atoms with Gasteiger partial charge < -0.3 is 5.11 Å². The normalized spacial score (nSPS) is 13.2. The number of amides is 1. The Kier molecular flexibility index (Phi) is 3.66. The Bertz CT molecular complexity index is 493. The van der Waals surface area contributed by atoms with Crippen LogP contribution in [0.3, 0.4) is 0 Å². The number of aryl methyl sites for hydroxylation is 1. The molecule has 5 nitrogen and oxygen atoms in total. The molecule has 1 atom stereocenters. The van der Waals surface area contributed by atoms with E-state index in [1.165, 1.54) is 13.0 Å². The summed E-state index contributed by atoms with van der Waals surface area (Å²) in [5, 5.41) is 8.92. The highest BCUT2D eigenvalue weighted by Crippen LogP contribution is 2.13. The van der Waals surface area contributed by atoms with E-state index in [0.29, 0.717) is 5.56 Å². The monoisotopic (exact) mass is 243 g/mol. The largest absolute Gasteiger partial charge is 0.384 e. The number of nitrogens with one attached hydrogen (secondary N) is 1. The van der Waals surface area contributed by atoms with Gasteiger partial charge in [-0.3, -0.25) is 4.79 Å². The molecule has 0 aliphatic rings. The summed E-state index contributed by atoms with van der Waals surface area (Å²) < 4.78 is 25.2. The molecule has 0 saturated heterocycles. The van der Waals surface area contributed by atoms with Gasteiger partial charge in [-0.2, -0.15) is 0 Å². The highest BCUT2D eigenvalue weighted by molar-refractivity contribution is 7.90. The van der Waals surface area contributed by atoms with Crippen molar-refractivity contribution in [1.29, 1.82) is 0 Å². The average Bonchev–Trinajstić information content (AvgIpc) is 2.17. The standard InChI is InChI=1S/C10H13NO4S/c1-7-5-3-4-6-9(7)16(14,15)11-10(13)8(2)12/h3-6,8,12H,1-2H3,(H,11,13)/t8-/m0/s1. The number of aliphatic hydroxyl groups excluding tert-OH is 1. The third-order valence-electron chi connectivity index (χ3n) is 2.00. The third kappa shape index (κ3) is 2.80. The molecule has 88 valence electrons. The van der Waals surface area contributed by atoms with Crippen LogP contribution in [0, 0.1) is 6.92 Å². The first kappa shape index (κ1) is 12.7. The van der Waals surface area contributed by atoms with Gasteiger partial charge >= 0.3 is 0 Å². The van der Waals surface area contributed by atoms with Crippen LogP contribution in [0.2, 0.25) is 0 Å². The van der Waals surface area contributed by atoms with Gasteiger partial charge in [-0.25, -0.2) is 13.1 Å². The van der Waals surface area contributed by atoms with E-state index in [1.807, 2.05) is 0 Å². The summed E-state index contributed by atoms with van der Waals surface area (Å²) >= 11 is 0. The molecule has 0 radical (unpaired) electrons. The summed E-state index contributed by atoms with van der Waals surface area (Å²) in [4.78, 5) is 11.1. The lowest BCUT2D eigenvalue weighted by Crippen LogP contribution is -2.37. The molecule has 0 heterocycles. The van der Waals surface area contributed by atoms with Gasteiger partial charge in [-0.1, -0.05) is 18.2 Å². The summed E-state index contributed by atoms with van der Waals surface area (Å²) in [7, 11) is -3.89. The van der Waals surface area contributed by atoms with Gasteiger partial charge in [0, 0.05) is 0 Å². The molecular formula is C10H13NO4S. The van der Waals surface area contributed by atoms with E-state index < -0.39 is 22.0 Å². The molecule has 0 aromatic heterocycles. The fourth-order valence-corrected chi connectivity index (χ4v) is 2.43. The molecule has 0 bridgehead atoms. The summed E-state index contributed by atoms with van der Waals surface area (Å²) in [6, 6.07) is 6.29. The second kappa shape index (κ2) is 4.63. The minimum absolute atomic E-state index is 0.0315. The Morgan fingerprint density at radius 1 is 1.38 bits per heavy atom. The maximum atomic E-state index is 11.7. The molecule has 0 spiro atoms. The molecule has 16 heavy (non-hydrogen) atoms. The van der Waals surface area contributed by atoms with E-state index in [9.17, 15) is 13.2 Å². The van der Waals surface area contributed by atoms with E-state index in [-0.39, 0.29) is 4.90 Å². The van der Waals surface area contributed by atoms with E-state index >= 15 is 0 Å². The number of hydrogen-bond acceptors (Lipinski definition) is 4. The van der Waals surface area contributed by atoms with Crippen LogP contribution < -0.4 is 4.72 Å². The van der Waals surface area contributed by atoms with Crippen LogP contribution in [0.25, 0.3) is 0 Å². The Morgan fingerprint density at radius 2 is 1.94 bits per heavy atom. The van der Waals surface area contributed by atoms with Gasteiger partial charge in [0.15, 0.2) is 0 Å². The van der Waals surface area contributed by atoms with E-state index in [1.54, 1.807) is 29.8 Å². The predicted octanol–water partition coefficient (Wildman–Crippen LogP) is 0.181. The molecule has 0 fully saturated rings. The number of carbonyl (C=O) groups is 1. The number of rotatable bonds is 3. The van der Waals surface area contributed by atoms with Crippen molar-refractivity contribution in [3.63, 3.8) is 0 Å². The first-order valence-electron chi connectivity index (χ1n) is 4.65. The zero-order valence-corrected chi connectivity index (χ0v) is 9.78. The van der Waals surface area contributed by atoms with Crippen LogP contribution in [0.5, 0.6) is 0 Å². The SMILES string of the molecule is Cc1ccccc1S(=O)(=O)NC(=O)[C@H](C)O. The van der Waals surface area contributed by atoms with Gasteiger partial charge in [0.25, 0.3) is 15.9 Å². The molecule has 1 aromatic rings. The Labute approximate surface area is 94.2 Å². The first-order chi connectivity index (χ1) is 7.34. The minimum Gasteiger partial charge on any atom is -0.384 e. The average molecular weight is 243 g/mol. The summed E-state index contributed by atoms with van der Waals surface area (Å²) in [6.07, 6.45) is -1.36. The topological polar surface area (TPSA) is 83.5 Å². The molecule has 0 saturated carbocycles. The van der Waals surface area contributed by atoms with Crippen molar-refractivity contribution < 1.29 is 18.3 Å². The van der Waals surface area contributed by atoms with Crippen LogP contribution >= 0.6 is 0 Å². The zero-order chi connectivity index (χ0) is 12.3. The van der Waals surface area contributed by atoms with E-state index in [2.05, 4.69) is 0 Å². The molecule has 2 N–H and O–H groups in total. The highest BCUT2D eigenvalue weighted by Gasteiger charge is 2.21. The second-order valence-electron chi connectivity index (χ2n) is 3.41. The molecule has 0 aliphatic heterocycles. The van der Waals surface area contributed by atoms with E-state index in [4.69, 9.17) is 5.11 Å². The molecule has 6 heteroatoms. The summed E-state index contributed by atoms with van der Waals surface area (Å²) in [6.45, 7) is 2.82. The summed E-state index contributed by atoms with van der Waals surface area (Å²) in [5.74, 6) is -0.941. The number of benzene rings is 1. The lowest BCUT2D eigenvalue weighted by atomic mass is 10.2. The summed E-state index contributed by atoms with van der Waals surface area (Å²) in [5.41, 5.74) is 0.536. The number of aliphatic hydroxyl groups is 1. The number of carbonyl (C=O) groups excluding carboxylic acids is 1. The number of sulfonamides is 1. The van der Waals surface area contributed by atoms with Crippen LogP contribution in [0.4, 0.5) is 0 Å². The Balaban J connectivity index is 3.05. The first-order valence-corrected chi connectivity index (χ1v) is 6.13. The van der Waals surface area contributed by atoms with E-state index in [0.717, 1.165) is 0 Å². The van der Waals surface area contributed by atoms with Crippen molar-refractivity contribution in [2.75, 3.05) is 0 Å². The van der Waals surface area contributed by atoms with Crippen LogP contribution in [0.15, 0.2) is 29.2 Å². The van der Waals surface area contributed by atoms with Crippen LogP contribution in [-0.4, -0.2) is 25.5 Å². The predicted molar refractivity (Wildman–Crippen MR) is 58.2 cm³/mol. The van der Waals surface area contributed by atoms with Gasteiger partial charge in [-0.15, -0.1) is 0 Å². The van der Waals surface area contributed by atoms with Crippen molar-refractivity contribution in [2.45, 2.75) is 24.8 Å². The fraction of sp³-hybridized carbons (Fsp3) is 0.300. The highest BCUT2D eigenvalue weighted by atomic mass is 32.2. The smallest absolute Gasteiger partial charge is 0.264 e. The van der Waals surface area contributed by atoms with Crippen LogP contribution in [-0.2, 0) is 14.8 Å². The van der Waals surface area contributed by atoms with Crippen molar-refractivity contribution >= 4 is 15.9 Å². The maximum Gasteiger partial charge on any atom is 0.264 e.